The summed E-state index contributed by atoms with van der Waals surface area (Å²) in [6, 6.07) is 8.14. The van der Waals surface area contributed by atoms with Crippen molar-refractivity contribution in [1.82, 2.24) is 15.1 Å². The molecule has 4 nitrogen and oxygen atoms in total. The van der Waals surface area contributed by atoms with Gasteiger partial charge in [0.05, 0.1) is 18.2 Å². The Bertz CT molecular complexity index is 658. The first-order chi connectivity index (χ1) is 9.90. The van der Waals surface area contributed by atoms with Crippen LogP contribution in [0.2, 0.25) is 0 Å². The second-order valence-electron chi connectivity index (χ2n) is 5.60. The molecule has 0 fully saturated rings. The molecule has 1 amide bonds. The summed E-state index contributed by atoms with van der Waals surface area (Å²) in [6.07, 6.45) is 0.377. The van der Waals surface area contributed by atoms with Crippen LogP contribution in [0.25, 0.3) is 0 Å². The van der Waals surface area contributed by atoms with Gasteiger partial charge in [-0.2, -0.15) is 5.10 Å². The van der Waals surface area contributed by atoms with Crippen molar-refractivity contribution in [1.29, 1.82) is 0 Å². The lowest BCUT2D eigenvalue weighted by Gasteiger charge is -2.16. The maximum atomic E-state index is 12.3. The fraction of sp³-hybridized carbons (Fsp3) is 0.412. The molecule has 0 unspecified atom stereocenters. The van der Waals surface area contributed by atoms with Gasteiger partial charge in [-0.15, -0.1) is 0 Å². The molecular weight excluding hydrogens is 262 g/mol. The molecule has 0 saturated carbocycles. The minimum Gasteiger partial charge on any atom is -0.349 e. The molecule has 2 rings (SSSR count). The molecule has 0 bridgehead atoms. The molecule has 0 aliphatic rings. The van der Waals surface area contributed by atoms with Crippen molar-refractivity contribution in [2.45, 2.75) is 40.2 Å². The van der Waals surface area contributed by atoms with Gasteiger partial charge in [0.25, 0.3) is 0 Å². The van der Waals surface area contributed by atoms with E-state index in [1.165, 1.54) is 5.56 Å². The van der Waals surface area contributed by atoms with Gasteiger partial charge in [-0.25, -0.2) is 0 Å². The molecule has 1 heterocycles. The SMILES string of the molecule is Cc1ccccc1[C@H](C)NC(=O)Cc1c(C)nn(C)c1C. The van der Waals surface area contributed by atoms with E-state index in [1.54, 1.807) is 0 Å². The number of aryl methyl sites for hydroxylation is 3. The van der Waals surface area contributed by atoms with Crippen LogP contribution >= 0.6 is 0 Å². The quantitative estimate of drug-likeness (QED) is 0.939. The lowest BCUT2D eigenvalue weighted by atomic mass is 10.0. The minimum absolute atomic E-state index is 0.0102. The van der Waals surface area contributed by atoms with Crippen molar-refractivity contribution >= 4 is 5.91 Å². The number of nitrogens with zero attached hydrogens (tertiary/aromatic N) is 2. The van der Waals surface area contributed by atoms with Gasteiger partial charge in [0, 0.05) is 18.3 Å². The fourth-order valence-electron chi connectivity index (χ4n) is 2.68. The van der Waals surface area contributed by atoms with E-state index in [9.17, 15) is 4.79 Å². The molecule has 0 aliphatic carbocycles. The average Bonchev–Trinajstić information content (AvgIpc) is 2.65. The summed E-state index contributed by atoms with van der Waals surface area (Å²) in [5, 5.41) is 7.42. The molecular formula is C17H23N3O. The zero-order chi connectivity index (χ0) is 15.6. The van der Waals surface area contributed by atoms with E-state index >= 15 is 0 Å². The van der Waals surface area contributed by atoms with Crippen molar-refractivity contribution in [2.24, 2.45) is 7.05 Å². The molecule has 0 saturated heterocycles. The van der Waals surface area contributed by atoms with E-state index < -0.39 is 0 Å². The standard InChI is InChI=1S/C17H23N3O/c1-11-8-6-7-9-15(11)12(2)18-17(21)10-16-13(3)19-20(5)14(16)4/h6-9,12H,10H2,1-5H3,(H,18,21)/t12-/m0/s1. The summed E-state index contributed by atoms with van der Waals surface area (Å²) in [5.41, 5.74) is 5.34. The summed E-state index contributed by atoms with van der Waals surface area (Å²) in [6.45, 7) is 8.02. The molecule has 112 valence electrons. The van der Waals surface area contributed by atoms with Gasteiger partial charge in [-0.1, -0.05) is 24.3 Å². The average molecular weight is 285 g/mol. The van der Waals surface area contributed by atoms with Gasteiger partial charge in [0.2, 0.25) is 5.91 Å². The maximum absolute atomic E-state index is 12.3. The Morgan fingerprint density at radius 2 is 1.95 bits per heavy atom. The smallest absolute Gasteiger partial charge is 0.225 e. The Morgan fingerprint density at radius 3 is 2.52 bits per heavy atom. The zero-order valence-electron chi connectivity index (χ0n) is 13.4. The largest absolute Gasteiger partial charge is 0.349 e. The van der Waals surface area contributed by atoms with Gasteiger partial charge in [0.1, 0.15) is 0 Å². The van der Waals surface area contributed by atoms with E-state index in [1.807, 2.05) is 44.6 Å². The van der Waals surface area contributed by atoms with Crippen molar-refractivity contribution in [2.75, 3.05) is 0 Å². The van der Waals surface area contributed by atoms with Crippen molar-refractivity contribution in [3.63, 3.8) is 0 Å². The topological polar surface area (TPSA) is 46.9 Å². The number of carbonyl (C=O) groups excluding carboxylic acids is 1. The van der Waals surface area contributed by atoms with Gasteiger partial charge < -0.3 is 5.32 Å². The second kappa shape index (κ2) is 6.12. The highest BCUT2D eigenvalue weighted by atomic mass is 16.1. The zero-order valence-corrected chi connectivity index (χ0v) is 13.4. The molecule has 0 radical (unpaired) electrons. The number of benzene rings is 1. The second-order valence-corrected chi connectivity index (χ2v) is 5.60. The van der Waals surface area contributed by atoms with Crippen LogP contribution in [0.15, 0.2) is 24.3 Å². The van der Waals surface area contributed by atoms with Crippen LogP contribution in [0.1, 0.15) is 41.0 Å². The van der Waals surface area contributed by atoms with Gasteiger partial charge >= 0.3 is 0 Å². The van der Waals surface area contributed by atoms with Gasteiger partial charge in [0.15, 0.2) is 0 Å². The molecule has 0 spiro atoms. The van der Waals surface area contributed by atoms with E-state index in [-0.39, 0.29) is 11.9 Å². The minimum atomic E-state index is 0.0102. The van der Waals surface area contributed by atoms with Gasteiger partial charge in [-0.05, 0) is 38.8 Å². The Morgan fingerprint density at radius 1 is 1.29 bits per heavy atom. The summed E-state index contributed by atoms with van der Waals surface area (Å²) >= 11 is 0. The molecule has 4 heteroatoms. The van der Waals surface area contributed by atoms with Crippen molar-refractivity contribution in [3.05, 3.63) is 52.3 Å². The van der Waals surface area contributed by atoms with Crippen LogP contribution in [0, 0.1) is 20.8 Å². The molecule has 2 aromatic rings. The molecule has 1 atom stereocenters. The first-order valence-corrected chi connectivity index (χ1v) is 7.24. The number of aromatic nitrogens is 2. The normalized spacial score (nSPS) is 12.2. The van der Waals surface area contributed by atoms with Crippen molar-refractivity contribution < 1.29 is 4.79 Å². The number of hydrogen-bond acceptors (Lipinski definition) is 2. The first kappa shape index (κ1) is 15.3. The molecule has 1 aromatic carbocycles. The van der Waals surface area contributed by atoms with Crippen LogP contribution in [0.3, 0.4) is 0 Å². The van der Waals surface area contributed by atoms with E-state index in [2.05, 4.69) is 29.5 Å². The Balaban J connectivity index is 2.07. The third-order valence-electron chi connectivity index (χ3n) is 4.03. The van der Waals surface area contributed by atoms with Crippen LogP contribution in [-0.4, -0.2) is 15.7 Å². The summed E-state index contributed by atoms with van der Waals surface area (Å²) in [7, 11) is 1.90. The highest BCUT2D eigenvalue weighted by molar-refractivity contribution is 5.79. The summed E-state index contributed by atoms with van der Waals surface area (Å²) < 4.78 is 1.82. The highest BCUT2D eigenvalue weighted by Crippen LogP contribution is 2.18. The number of carbonyl (C=O) groups is 1. The van der Waals surface area contributed by atoms with Crippen LogP contribution < -0.4 is 5.32 Å². The van der Waals surface area contributed by atoms with Crippen LogP contribution in [0.4, 0.5) is 0 Å². The Labute approximate surface area is 126 Å². The van der Waals surface area contributed by atoms with Crippen LogP contribution in [0.5, 0.6) is 0 Å². The number of rotatable bonds is 4. The Hall–Kier alpha value is -2.10. The fourth-order valence-corrected chi connectivity index (χ4v) is 2.68. The third-order valence-corrected chi connectivity index (χ3v) is 4.03. The van der Waals surface area contributed by atoms with Gasteiger partial charge in [-0.3, -0.25) is 9.48 Å². The lowest BCUT2D eigenvalue weighted by molar-refractivity contribution is -0.121. The number of hydrogen-bond donors (Lipinski definition) is 1. The third kappa shape index (κ3) is 3.32. The van der Waals surface area contributed by atoms with E-state index in [0.717, 1.165) is 22.5 Å². The lowest BCUT2D eigenvalue weighted by Crippen LogP contribution is -2.28. The number of nitrogens with one attached hydrogen (secondary N) is 1. The predicted octanol–water partition coefficient (Wildman–Crippen LogP) is 2.77. The molecule has 0 aliphatic heterocycles. The first-order valence-electron chi connectivity index (χ1n) is 7.24. The van der Waals surface area contributed by atoms with E-state index in [4.69, 9.17) is 0 Å². The maximum Gasteiger partial charge on any atom is 0.225 e. The molecule has 1 N–H and O–H groups in total. The Kier molecular flexibility index (Phi) is 4.46. The van der Waals surface area contributed by atoms with Crippen LogP contribution in [-0.2, 0) is 18.3 Å². The molecule has 1 aromatic heterocycles. The monoisotopic (exact) mass is 285 g/mol. The highest BCUT2D eigenvalue weighted by Gasteiger charge is 2.16. The summed E-state index contributed by atoms with van der Waals surface area (Å²) in [5.74, 6) is 0.0324. The number of amides is 1. The molecule has 21 heavy (non-hydrogen) atoms. The summed E-state index contributed by atoms with van der Waals surface area (Å²) in [4.78, 5) is 12.3. The van der Waals surface area contributed by atoms with E-state index in [0.29, 0.717) is 6.42 Å². The predicted molar refractivity (Wildman–Crippen MR) is 84.1 cm³/mol. The van der Waals surface area contributed by atoms with Crippen molar-refractivity contribution in [3.8, 4) is 0 Å².